The molecule has 0 radical (unpaired) electrons. The van der Waals surface area contributed by atoms with E-state index in [9.17, 15) is 5.11 Å². The molecule has 0 amide bonds. The average Bonchev–Trinajstić information content (AvgIpc) is 1.94. The second kappa shape index (κ2) is 3.26. The van der Waals surface area contributed by atoms with Crippen molar-refractivity contribution < 1.29 is 5.11 Å². The van der Waals surface area contributed by atoms with Gasteiger partial charge in [-0.1, -0.05) is 32.4 Å². The zero-order chi connectivity index (χ0) is 10.2. The molecule has 13 heavy (non-hydrogen) atoms. The maximum Gasteiger partial charge on any atom is 0.0983 e. The van der Waals surface area contributed by atoms with Crippen molar-refractivity contribution in [3.8, 4) is 0 Å². The first-order valence-corrected chi connectivity index (χ1v) is 4.75. The molecule has 0 aliphatic heterocycles. The van der Waals surface area contributed by atoms with Gasteiger partial charge in [-0.2, -0.15) is 0 Å². The van der Waals surface area contributed by atoms with E-state index >= 15 is 0 Å². The highest BCUT2D eigenvalue weighted by Crippen LogP contribution is 2.39. The average molecular weight is 202 g/mol. The van der Waals surface area contributed by atoms with Gasteiger partial charge in [0.05, 0.1) is 5.76 Å². The van der Waals surface area contributed by atoms with Crippen LogP contribution in [-0.4, -0.2) is 5.11 Å². The molecule has 1 atom stereocenters. The highest BCUT2D eigenvalue weighted by Gasteiger charge is 2.31. The molecule has 0 fully saturated rings. The topological polar surface area (TPSA) is 46.2 Å². The van der Waals surface area contributed by atoms with Crippen LogP contribution in [0.2, 0.25) is 0 Å². The Kier molecular flexibility index (Phi) is 2.62. The minimum atomic E-state index is 0.0153. The molecule has 0 bridgehead atoms. The lowest BCUT2D eigenvalue weighted by atomic mass is 9.75. The van der Waals surface area contributed by atoms with Gasteiger partial charge in [0.1, 0.15) is 0 Å². The van der Waals surface area contributed by atoms with Gasteiger partial charge in [0.15, 0.2) is 0 Å². The second-order valence-electron chi connectivity index (χ2n) is 4.55. The largest absolute Gasteiger partial charge is 0.512 e. The lowest BCUT2D eigenvalue weighted by Gasteiger charge is -2.32. The molecule has 1 rings (SSSR count). The van der Waals surface area contributed by atoms with Crippen molar-refractivity contribution in [2.24, 2.45) is 17.1 Å². The predicted octanol–water partition coefficient (Wildman–Crippen LogP) is 2.90. The summed E-state index contributed by atoms with van der Waals surface area (Å²) in [5, 5.41) is 10.3. The summed E-state index contributed by atoms with van der Waals surface area (Å²) >= 11 is 5.93. The standard InChI is InChI=1S/C10H16ClNO/c1-10(2,3)6-4-7(11)8(12)5-9(6)13/h5-6,13H,4,12H2,1-3H3. The third kappa shape index (κ3) is 2.19. The Morgan fingerprint density at radius 1 is 1.54 bits per heavy atom. The van der Waals surface area contributed by atoms with Crippen LogP contribution < -0.4 is 5.73 Å². The lowest BCUT2D eigenvalue weighted by molar-refractivity contribution is 0.198. The molecule has 1 aliphatic carbocycles. The summed E-state index contributed by atoms with van der Waals surface area (Å²) in [5.74, 6) is 0.418. The summed E-state index contributed by atoms with van der Waals surface area (Å²) in [4.78, 5) is 0. The molecule has 74 valence electrons. The summed E-state index contributed by atoms with van der Waals surface area (Å²) in [6.07, 6.45) is 2.20. The fraction of sp³-hybridized carbons (Fsp3) is 0.600. The van der Waals surface area contributed by atoms with E-state index in [-0.39, 0.29) is 11.3 Å². The van der Waals surface area contributed by atoms with Crippen LogP contribution in [0, 0.1) is 11.3 Å². The fourth-order valence-electron chi connectivity index (χ4n) is 1.49. The third-order valence-corrected chi connectivity index (χ3v) is 2.77. The number of rotatable bonds is 0. The molecule has 0 aromatic carbocycles. The Bertz CT molecular complexity index is 273. The molecule has 0 saturated heterocycles. The van der Waals surface area contributed by atoms with E-state index < -0.39 is 0 Å². The van der Waals surface area contributed by atoms with Crippen LogP contribution in [0.4, 0.5) is 0 Å². The van der Waals surface area contributed by atoms with Crippen molar-refractivity contribution in [3.05, 3.63) is 22.6 Å². The first-order valence-electron chi connectivity index (χ1n) is 4.37. The normalized spacial score (nSPS) is 24.6. The molecule has 1 aliphatic rings. The maximum atomic E-state index is 9.68. The van der Waals surface area contributed by atoms with Gasteiger partial charge < -0.3 is 10.8 Å². The van der Waals surface area contributed by atoms with Crippen molar-refractivity contribution >= 4 is 11.6 Å². The minimum Gasteiger partial charge on any atom is -0.512 e. The van der Waals surface area contributed by atoms with Crippen molar-refractivity contribution in [1.82, 2.24) is 0 Å². The monoisotopic (exact) mass is 201 g/mol. The number of aliphatic hydroxyl groups excluding tert-OH is 1. The molecule has 0 spiro atoms. The van der Waals surface area contributed by atoms with Crippen molar-refractivity contribution in [3.63, 3.8) is 0 Å². The van der Waals surface area contributed by atoms with Gasteiger partial charge in [-0.05, 0) is 11.8 Å². The maximum absolute atomic E-state index is 9.68. The highest BCUT2D eigenvalue weighted by atomic mass is 35.5. The van der Waals surface area contributed by atoms with Crippen molar-refractivity contribution in [2.45, 2.75) is 27.2 Å². The molecule has 0 aromatic rings. The molecule has 3 heteroatoms. The van der Waals surface area contributed by atoms with Gasteiger partial charge in [-0.3, -0.25) is 0 Å². The fourth-order valence-corrected chi connectivity index (χ4v) is 1.70. The van der Waals surface area contributed by atoms with Crippen LogP contribution in [0.1, 0.15) is 27.2 Å². The Morgan fingerprint density at radius 2 is 2.08 bits per heavy atom. The van der Waals surface area contributed by atoms with Crippen LogP contribution in [0.5, 0.6) is 0 Å². The number of hydrogen-bond donors (Lipinski definition) is 2. The summed E-state index contributed by atoms with van der Waals surface area (Å²) in [6.45, 7) is 6.23. The number of allylic oxidation sites excluding steroid dienone is 3. The van der Waals surface area contributed by atoms with Gasteiger partial charge in [-0.25, -0.2) is 0 Å². The summed E-state index contributed by atoms with van der Waals surface area (Å²) in [5.41, 5.74) is 6.09. The smallest absolute Gasteiger partial charge is 0.0983 e. The van der Waals surface area contributed by atoms with Gasteiger partial charge >= 0.3 is 0 Å². The lowest BCUT2D eigenvalue weighted by Crippen LogP contribution is -2.25. The zero-order valence-corrected chi connectivity index (χ0v) is 9.02. The molecular weight excluding hydrogens is 186 g/mol. The van der Waals surface area contributed by atoms with Crippen molar-refractivity contribution in [2.75, 3.05) is 0 Å². The van der Waals surface area contributed by atoms with E-state index in [0.717, 1.165) is 0 Å². The Balaban J connectivity index is 2.94. The van der Waals surface area contributed by atoms with E-state index in [4.69, 9.17) is 17.3 Å². The molecule has 0 aromatic heterocycles. The van der Waals surface area contributed by atoms with E-state index in [1.54, 1.807) is 6.08 Å². The summed E-state index contributed by atoms with van der Waals surface area (Å²) in [6, 6.07) is 0. The quantitative estimate of drug-likeness (QED) is 0.633. The SMILES string of the molecule is CC(C)(C)C1CC(Cl)=C(N)C=C1O. The Labute approximate surface area is 84.1 Å². The molecular formula is C10H16ClNO. The number of hydrogen-bond acceptors (Lipinski definition) is 2. The molecule has 2 nitrogen and oxygen atoms in total. The number of nitrogens with two attached hydrogens (primary N) is 1. The molecule has 0 heterocycles. The number of aliphatic hydroxyl groups is 1. The van der Waals surface area contributed by atoms with Crippen LogP contribution in [-0.2, 0) is 0 Å². The summed E-state index contributed by atoms with van der Waals surface area (Å²) < 4.78 is 0. The predicted molar refractivity (Wildman–Crippen MR) is 55.3 cm³/mol. The van der Waals surface area contributed by atoms with Gasteiger partial charge in [0.2, 0.25) is 0 Å². The number of halogens is 1. The summed E-state index contributed by atoms with van der Waals surface area (Å²) in [7, 11) is 0. The molecule has 1 unspecified atom stereocenters. The van der Waals surface area contributed by atoms with Gasteiger partial charge in [-0.15, -0.1) is 0 Å². The van der Waals surface area contributed by atoms with Crippen molar-refractivity contribution in [1.29, 1.82) is 0 Å². The second-order valence-corrected chi connectivity index (χ2v) is 5.01. The van der Waals surface area contributed by atoms with Crippen LogP contribution >= 0.6 is 11.6 Å². The molecule has 3 N–H and O–H groups in total. The Morgan fingerprint density at radius 3 is 2.54 bits per heavy atom. The van der Waals surface area contributed by atoms with Crippen LogP contribution in [0.3, 0.4) is 0 Å². The van der Waals surface area contributed by atoms with E-state index in [0.29, 0.717) is 22.9 Å². The van der Waals surface area contributed by atoms with Crippen LogP contribution in [0.25, 0.3) is 0 Å². The first kappa shape index (κ1) is 10.5. The van der Waals surface area contributed by atoms with E-state index in [2.05, 4.69) is 20.8 Å². The molecule has 0 saturated carbocycles. The zero-order valence-electron chi connectivity index (χ0n) is 8.26. The highest BCUT2D eigenvalue weighted by molar-refractivity contribution is 6.30. The van der Waals surface area contributed by atoms with E-state index in [1.807, 2.05) is 0 Å². The first-order chi connectivity index (χ1) is 5.82. The third-order valence-electron chi connectivity index (χ3n) is 2.40. The van der Waals surface area contributed by atoms with E-state index in [1.165, 1.54) is 0 Å². The van der Waals surface area contributed by atoms with Gasteiger partial charge in [0.25, 0.3) is 0 Å². The minimum absolute atomic E-state index is 0.0153. The Hall–Kier alpha value is -0.630. The van der Waals surface area contributed by atoms with Crippen LogP contribution in [0.15, 0.2) is 22.6 Å². The van der Waals surface area contributed by atoms with Gasteiger partial charge in [0, 0.05) is 22.7 Å².